The number of hydrogen-bond donors (Lipinski definition) is 1. The zero-order chi connectivity index (χ0) is 20.2. The van der Waals surface area contributed by atoms with E-state index in [1.165, 1.54) is 0 Å². The van der Waals surface area contributed by atoms with Crippen LogP contribution in [0.25, 0.3) is 22.4 Å². The molecule has 0 radical (unpaired) electrons. The van der Waals surface area contributed by atoms with Crippen molar-refractivity contribution in [1.29, 1.82) is 0 Å². The van der Waals surface area contributed by atoms with Gasteiger partial charge in [-0.1, -0.05) is 18.2 Å². The highest BCUT2D eigenvalue weighted by atomic mass is 16.5. The molecule has 1 aromatic heterocycles. The van der Waals surface area contributed by atoms with Crippen LogP contribution in [0.3, 0.4) is 0 Å². The van der Waals surface area contributed by atoms with Crippen molar-refractivity contribution >= 4 is 22.6 Å². The van der Waals surface area contributed by atoms with Crippen molar-refractivity contribution in [3.8, 4) is 22.9 Å². The number of carbonyl (C=O) groups excluding carboxylic acids is 1. The van der Waals surface area contributed by atoms with E-state index in [0.717, 1.165) is 28.2 Å². The van der Waals surface area contributed by atoms with Crippen molar-refractivity contribution in [2.45, 2.75) is 6.54 Å². The Kier molecular flexibility index (Phi) is 5.16. The van der Waals surface area contributed by atoms with Gasteiger partial charge in [-0.25, -0.2) is 4.98 Å². The third kappa shape index (κ3) is 3.91. The lowest BCUT2D eigenvalue weighted by atomic mass is 10.2. The molecule has 0 aliphatic rings. The normalized spacial score (nSPS) is 10.7. The minimum atomic E-state index is -0.142. The number of para-hydroxylation sites is 2. The molecule has 1 heterocycles. The van der Waals surface area contributed by atoms with E-state index < -0.39 is 0 Å². The lowest BCUT2D eigenvalue weighted by molar-refractivity contribution is -0.116. The summed E-state index contributed by atoms with van der Waals surface area (Å²) in [4.78, 5) is 17.5. The number of aromatic nitrogens is 2. The topological polar surface area (TPSA) is 65.4 Å². The van der Waals surface area contributed by atoms with Gasteiger partial charge in [0, 0.05) is 17.3 Å². The fourth-order valence-electron chi connectivity index (χ4n) is 3.24. The second-order valence-corrected chi connectivity index (χ2v) is 6.52. The van der Waals surface area contributed by atoms with Crippen LogP contribution in [0.1, 0.15) is 0 Å². The van der Waals surface area contributed by atoms with Gasteiger partial charge in [0.25, 0.3) is 0 Å². The maximum atomic E-state index is 12.8. The van der Waals surface area contributed by atoms with Crippen LogP contribution in [-0.2, 0) is 11.3 Å². The van der Waals surface area contributed by atoms with E-state index in [-0.39, 0.29) is 12.5 Å². The van der Waals surface area contributed by atoms with E-state index in [0.29, 0.717) is 11.4 Å². The smallest absolute Gasteiger partial charge is 0.244 e. The van der Waals surface area contributed by atoms with Crippen molar-refractivity contribution in [2.24, 2.45) is 0 Å². The average molecular weight is 387 g/mol. The predicted molar refractivity (Wildman–Crippen MR) is 113 cm³/mol. The molecule has 0 saturated carbocycles. The van der Waals surface area contributed by atoms with Gasteiger partial charge in [0.2, 0.25) is 5.91 Å². The van der Waals surface area contributed by atoms with Crippen LogP contribution in [0, 0.1) is 0 Å². The van der Waals surface area contributed by atoms with E-state index in [1.807, 2.05) is 71.3 Å². The Morgan fingerprint density at radius 3 is 2.45 bits per heavy atom. The number of amides is 1. The fraction of sp³-hybridized carbons (Fsp3) is 0.130. The summed E-state index contributed by atoms with van der Waals surface area (Å²) in [6.45, 7) is 0.138. The van der Waals surface area contributed by atoms with Gasteiger partial charge in [-0.2, -0.15) is 0 Å². The van der Waals surface area contributed by atoms with E-state index in [1.54, 1.807) is 20.3 Å². The number of methoxy groups -OCH3 is 2. The molecule has 0 aliphatic heterocycles. The number of nitrogens with zero attached hydrogens (tertiary/aromatic N) is 2. The van der Waals surface area contributed by atoms with E-state index in [2.05, 4.69) is 5.32 Å². The summed E-state index contributed by atoms with van der Waals surface area (Å²) in [5.41, 5.74) is 3.34. The molecule has 3 aromatic carbocycles. The third-order valence-electron chi connectivity index (χ3n) is 4.66. The maximum Gasteiger partial charge on any atom is 0.244 e. The van der Waals surface area contributed by atoms with Crippen LogP contribution in [0.15, 0.2) is 72.8 Å². The molecule has 1 N–H and O–H groups in total. The molecule has 146 valence electrons. The van der Waals surface area contributed by atoms with Crippen molar-refractivity contribution in [3.63, 3.8) is 0 Å². The summed E-state index contributed by atoms with van der Waals surface area (Å²) in [6, 6.07) is 22.7. The molecule has 6 heteroatoms. The van der Waals surface area contributed by atoms with Crippen LogP contribution in [-0.4, -0.2) is 29.7 Å². The fourth-order valence-corrected chi connectivity index (χ4v) is 3.24. The second-order valence-electron chi connectivity index (χ2n) is 6.52. The van der Waals surface area contributed by atoms with Gasteiger partial charge in [-0.05, 0) is 48.5 Å². The van der Waals surface area contributed by atoms with Gasteiger partial charge in [0.1, 0.15) is 23.9 Å². The first kappa shape index (κ1) is 18.6. The van der Waals surface area contributed by atoms with Crippen molar-refractivity contribution < 1.29 is 14.3 Å². The molecule has 1 amide bonds. The van der Waals surface area contributed by atoms with Gasteiger partial charge in [0.15, 0.2) is 0 Å². The summed E-state index contributed by atoms with van der Waals surface area (Å²) in [7, 11) is 3.23. The van der Waals surface area contributed by atoms with Gasteiger partial charge in [-0.15, -0.1) is 0 Å². The summed E-state index contributed by atoms with van der Waals surface area (Å²) in [5, 5.41) is 2.93. The molecule has 4 rings (SSSR count). The zero-order valence-corrected chi connectivity index (χ0v) is 16.3. The Balaban J connectivity index is 1.67. The van der Waals surface area contributed by atoms with Gasteiger partial charge >= 0.3 is 0 Å². The number of ether oxygens (including phenoxy) is 2. The molecule has 0 fully saturated rings. The first-order chi connectivity index (χ1) is 14.2. The monoisotopic (exact) mass is 387 g/mol. The lowest BCUT2D eigenvalue weighted by Crippen LogP contribution is -2.19. The molecular formula is C23H21N3O3. The molecule has 0 bridgehead atoms. The quantitative estimate of drug-likeness (QED) is 0.534. The largest absolute Gasteiger partial charge is 0.497 e. The van der Waals surface area contributed by atoms with Crippen LogP contribution in [0.2, 0.25) is 0 Å². The Morgan fingerprint density at radius 2 is 1.69 bits per heavy atom. The molecule has 0 aliphatic carbocycles. The maximum absolute atomic E-state index is 12.8. The second kappa shape index (κ2) is 8.06. The van der Waals surface area contributed by atoms with E-state index in [4.69, 9.17) is 14.5 Å². The molecule has 0 saturated heterocycles. The van der Waals surface area contributed by atoms with Crippen molar-refractivity contribution in [1.82, 2.24) is 9.55 Å². The Morgan fingerprint density at radius 1 is 0.931 bits per heavy atom. The number of hydrogen-bond acceptors (Lipinski definition) is 4. The standard InChI is InChI=1S/C23H21N3O3/c1-28-18-12-10-16(11-13-18)23-25-20-8-3-4-9-21(20)26(23)15-22(27)24-17-6-5-7-19(14-17)29-2/h3-14H,15H2,1-2H3,(H,24,27). The Labute approximate surface area is 168 Å². The highest BCUT2D eigenvalue weighted by Gasteiger charge is 2.15. The predicted octanol–water partition coefficient (Wildman–Crippen LogP) is 4.36. The molecular weight excluding hydrogens is 366 g/mol. The van der Waals surface area contributed by atoms with Gasteiger partial charge in [-0.3, -0.25) is 4.79 Å². The molecule has 6 nitrogen and oxygen atoms in total. The van der Waals surface area contributed by atoms with Crippen molar-refractivity contribution in [2.75, 3.05) is 19.5 Å². The number of fused-ring (bicyclic) bond motifs is 1. The zero-order valence-electron chi connectivity index (χ0n) is 16.3. The first-order valence-corrected chi connectivity index (χ1v) is 9.21. The summed E-state index contributed by atoms with van der Waals surface area (Å²) >= 11 is 0. The van der Waals surface area contributed by atoms with Gasteiger partial charge < -0.3 is 19.4 Å². The molecule has 4 aromatic rings. The number of nitrogens with one attached hydrogen (secondary N) is 1. The average Bonchev–Trinajstić information content (AvgIpc) is 3.12. The number of imidazole rings is 1. The minimum absolute atomic E-state index is 0.138. The van der Waals surface area contributed by atoms with Crippen LogP contribution in [0.4, 0.5) is 5.69 Å². The summed E-state index contributed by atoms with van der Waals surface area (Å²) in [5.74, 6) is 2.05. The number of rotatable bonds is 6. The van der Waals surface area contributed by atoms with Crippen LogP contribution >= 0.6 is 0 Å². The third-order valence-corrected chi connectivity index (χ3v) is 4.66. The number of anilines is 1. The van der Waals surface area contributed by atoms with E-state index >= 15 is 0 Å². The van der Waals surface area contributed by atoms with E-state index in [9.17, 15) is 4.79 Å². The SMILES string of the molecule is COc1ccc(-c2nc3ccccc3n2CC(=O)Nc2cccc(OC)c2)cc1. The lowest BCUT2D eigenvalue weighted by Gasteiger charge is -2.11. The molecule has 29 heavy (non-hydrogen) atoms. The number of benzene rings is 3. The highest BCUT2D eigenvalue weighted by Crippen LogP contribution is 2.26. The van der Waals surface area contributed by atoms with Gasteiger partial charge in [0.05, 0.1) is 25.3 Å². The summed E-state index contributed by atoms with van der Waals surface area (Å²) in [6.07, 6.45) is 0. The highest BCUT2D eigenvalue weighted by molar-refractivity contribution is 5.92. The van der Waals surface area contributed by atoms with Crippen LogP contribution < -0.4 is 14.8 Å². The molecule has 0 unspecified atom stereocenters. The first-order valence-electron chi connectivity index (χ1n) is 9.21. The van der Waals surface area contributed by atoms with Crippen LogP contribution in [0.5, 0.6) is 11.5 Å². The Hall–Kier alpha value is -3.80. The number of carbonyl (C=O) groups is 1. The molecule has 0 atom stereocenters. The molecule has 0 spiro atoms. The minimum Gasteiger partial charge on any atom is -0.497 e. The summed E-state index contributed by atoms with van der Waals surface area (Å²) < 4.78 is 12.4. The van der Waals surface area contributed by atoms with Crippen molar-refractivity contribution in [3.05, 3.63) is 72.8 Å². The Bertz CT molecular complexity index is 1150.